The Morgan fingerprint density at radius 1 is 1.03 bits per heavy atom. The lowest BCUT2D eigenvalue weighted by Gasteiger charge is -2.13. The standard InChI is InChI=1S/C21H28N4O4S2/c1-6-11-25-20-10-9-17(31(28,29)24(3)4)13-19(20)23-21(25)14-22-18-12-16(30(5,26)27)8-7-15(18)2/h7-10,12-13,22H,6,11,14H2,1-5H3. The van der Waals surface area contributed by atoms with Crippen LogP contribution in [0, 0.1) is 6.92 Å². The third-order valence-electron chi connectivity index (χ3n) is 5.10. The summed E-state index contributed by atoms with van der Waals surface area (Å²) in [4.78, 5) is 5.13. The van der Waals surface area contributed by atoms with Gasteiger partial charge in [-0.3, -0.25) is 0 Å². The summed E-state index contributed by atoms with van der Waals surface area (Å²) in [6.07, 6.45) is 2.07. The molecule has 0 aliphatic rings. The number of hydrogen-bond donors (Lipinski definition) is 1. The Balaban J connectivity index is 1.99. The molecule has 1 aromatic heterocycles. The van der Waals surface area contributed by atoms with Gasteiger partial charge in [0.2, 0.25) is 10.0 Å². The van der Waals surface area contributed by atoms with Crippen LogP contribution in [0.3, 0.4) is 0 Å². The number of nitrogens with zero attached hydrogens (tertiary/aromatic N) is 3. The summed E-state index contributed by atoms with van der Waals surface area (Å²) >= 11 is 0. The maximum Gasteiger partial charge on any atom is 0.242 e. The highest BCUT2D eigenvalue weighted by Gasteiger charge is 2.20. The van der Waals surface area contributed by atoms with Crippen molar-refractivity contribution in [3.63, 3.8) is 0 Å². The Labute approximate surface area is 183 Å². The van der Waals surface area contributed by atoms with E-state index in [0.717, 1.165) is 29.9 Å². The molecule has 0 atom stereocenters. The molecule has 0 spiro atoms. The second kappa shape index (κ2) is 8.60. The van der Waals surface area contributed by atoms with Crippen molar-refractivity contribution in [3.05, 3.63) is 47.8 Å². The van der Waals surface area contributed by atoms with Gasteiger partial charge in [-0.2, -0.15) is 0 Å². The van der Waals surface area contributed by atoms with Crippen molar-refractivity contribution in [2.45, 2.75) is 43.1 Å². The van der Waals surface area contributed by atoms with Crippen LogP contribution in [0.4, 0.5) is 5.69 Å². The van der Waals surface area contributed by atoms with Crippen LogP contribution in [0.2, 0.25) is 0 Å². The number of aromatic nitrogens is 2. The largest absolute Gasteiger partial charge is 0.378 e. The van der Waals surface area contributed by atoms with Crippen molar-refractivity contribution in [2.75, 3.05) is 25.7 Å². The van der Waals surface area contributed by atoms with Crippen molar-refractivity contribution in [3.8, 4) is 0 Å². The number of fused-ring (bicyclic) bond motifs is 1. The molecular weight excluding hydrogens is 436 g/mol. The second-order valence-corrected chi connectivity index (χ2v) is 11.9. The number of aryl methyl sites for hydroxylation is 2. The van der Waals surface area contributed by atoms with Crippen molar-refractivity contribution in [2.24, 2.45) is 0 Å². The third kappa shape index (κ3) is 4.76. The van der Waals surface area contributed by atoms with Gasteiger partial charge in [0.15, 0.2) is 9.84 Å². The molecule has 0 radical (unpaired) electrons. The molecule has 0 saturated heterocycles. The van der Waals surface area contributed by atoms with Crippen molar-refractivity contribution in [1.82, 2.24) is 13.9 Å². The summed E-state index contributed by atoms with van der Waals surface area (Å²) < 4.78 is 52.0. The van der Waals surface area contributed by atoms with Gasteiger partial charge in [0, 0.05) is 32.6 Å². The first-order valence-corrected chi connectivity index (χ1v) is 13.2. The van der Waals surface area contributed by atoms with Gasteiger partial charge in [0.25, 0.3) is 0 Å². The van der Waals surface area contributed by atoms with Crippen LogP contribution in [-0.4, -0.2) is 51.0 Å². The van der Waals surface area contributed by atoms with Crippen molar-refractivity contribution in [1.29, 1.82) is 0 Å². The number of rotatable bonds is 8. The maximum absolute atomic E-state index is 12.5. The lowest BCUT2D eigenvalue weighted by molar-refractivity contribution is 0.521. The lowest BCUT2D eigenvalue weighted by atomic mass is 10.2. The van der Waals surface area contributed by atoms with E-state index in [1.807, 2.05) is 6.92 Å². The topological polar surface area (TPSA) is 101 Å². The Hall–Kier alpha value is -2.43. The van der Waals surface area contributed by atoms with E-state index in [2.05, 4.69) is 21.8 Å². The lowest BCUT2D eigenvalue weighted by Crippen LogP contribution is -2.22. The van der Waals surface area contributed by atoms with Crippen molar-refractivity contribution >= 4 is 36.6 Å². The summed E-state index contributed by atoms with van der Waals surface area (Å²) in [5.74, 6) is 0.750. The number of imidazole rings is 1. The van der Waals surface area contributed by atoms with E-state index in [0.29, 0.717) is 17.7 Å². The van der Waals surface area contributed by atoms with Crippen LogP contribution >= 0.6 is 0 Å². The minimum Gasteiger partial charge on any atom is -0.378 e. The second-order valence-electron chi connectivity index (χ2n) is 7.72. The van der Waals surface area contributed by atoms with E-state index < -0.39 is 19.9 Å². The number of hydrogen-bond acceptors (Lipinski definition) is 6. The third-order valence-corrected chi connectivity index (χ3v) is 8.02. The van der Waals surface area contributed by atoms with E-state index in [1.54, 1.807) is 36.4 Å². The van der Waals surface area contributed by atoms with E-state index in [1.165, 1.54) is 24.7 Å². The molecule has 0 bridgehead atoms. The highest BCUT2D eigenvalue weighted by molar-refractivity contribution is 7.90. The maximum atomic E-state index is 12.5. The van der Waals surface area contributed by atoms with Crippen LogP contribution in [0.1, 0.15) is 24.7 Å². The highest BCUT2D eigenvalue weighted by atomic mass is 32.2. The minimum atomic E-state index is -3.55. The molecule has 2 aromatic carbocycles. The first-order chi connectivity index (χ1) is 14.4. The summed E-state index contributed by atoms with van der Waals surface area (Å²) in [7, 11) is -3.87. The Kier molecular flexibility index (Phi) is 6.45. The van der Waals surface area contributed by atoms with Gasteiger partial charge in [-0.05, 0) is 49.2 Å². The van der Waals surface area contributed by atoms with Gasteiger partial charge in [0.05, 0.1) is 27.4 Å². The summed E-state index contributed by atoms with van der Waals surface area (Å²) in [6.45, 7) is 5.07. The highest BCUT2D eigenvalue weighted by Crippen LogP contribution is 2.24. The average molecular weight is 465 g/mol. The molecule has 168 valence electrons. The number of benzene rings is 2. The number of nitrogens with one attached hydrogen (secondary N) is 1. The molecule has 10 heteroatoms. The smallest absolute Gasteiger partial charge is 0.242 e. The molecule has 1 heterocycles. The number of anilines is 1. The van der Waals surface area contributed by atoms with Gasteiger partial charge >= 0.3 is 0 Å². The zero-order chi connectivity index (χ0) is 23.0. The predicted molar refractivity (Wildman–Crippen MR) is 123 cm³/mol. The summed E-state index contributed by atoms with van der Waals surface area (Å²) in [6, 6.07) is 9.96. The van der Waals surface area contributed by atoms with E-state index >= 15 is 0 Å². The monoisotopic (exact) mass is 464 g/mol. The molecule has 8 nitrogen and oxygen atoms in total. The van der Waals surface area contributed by atoms with Gasteiger partial charge in [-0.15, -0.1) is 0 Å². The fourth-order valence-corrected chi connectivity index (χ4v) is 4.90. The molecule has 0 fully saturated rings. The zero-order valence-electron chi connectivity index (χ0n) is 18.4. The Morgan fingerprint density at radius 3 is 2.32 bits per heavy atom. The molecule has 31 heavy (non-hydrogen) atoms. The molecule has 0 amide bonds. The molecule has 1 N–H and O–H groups in total. The number of sulfonamides is 1. The summed E-state index contributed by atoms with van der Waals surface area (Å²) in [5.41, 5.74) is 3.10. The molecule has 0 unspecified atom stereocenters. The molecule has 3 aromatic rings. The fourth-order valence-electron chi connectivity index (χ4n) is 3.34. The van der Waals surface area contributed by atoms with Gasteiger partial charge in [-0.1, -0.05) is 13.0 Å². The fraction of sp³-hybridized carbons (Fsp3) is 0.381. The minimum absolute atomic E-state index is 0.197. The Morgan fingerprint density at radius 2 is 1.71 bits per heavy atom. The average Bonchev–Trinajstić information content (AvgIpc) is 3.03. The molecule has 0 aliphatic heterocycles. The SMILES string of the molecule is CCCn1c(CNc2cc(S(C)(=O)=O)ccc2C)nc2cc(S(=O)(=O)N(C)C)ccc21. The van der Waals surface area contributed by atoms with E-state index in [4.69, 9.17) is 0 Å². The van der Waals surface area contributed by atoms with Crippen LogP contribution in [-0.2, 0) is 33.0 Å². The van der Waals surface area contributed by atoms with Crippen molar-refractivity contribution < 1.29 is 16.8 Å². The molecular formula is C21H28N4O4S2. The van der Waals surface area contributed by atoms with Crippen LogP contribution < -0.4 is 5.32 Å². The van der Waals surface area contributed by atoms with Gasteiger partial charge < -0.3 is 9.88 Å². The van der Waals surface area contributed by atoms with Gasteiger partial charge in [0.1, 0.15) is 5.82 Å². The van der Waals surface area contributed by atoms with E-state index in [9.17, 15) is 16.8 Å². The van der Waals surface area contributed by atoms with E-state index in [-0.39, 0.29) is 9.79 Å². The molecule has 0 aliphatic carbocycles. The number of sulfone groups is 1. The first-order valence-electron chi connectivity index (χ1n) is 9.91. The van der Waals surface area contributed by atoms with Crippen LogP contribution in [0.15, 0.2) is 46.2 Å². The predicted octanol–water partition coefficient (Wildman–Crippen LogP) is 3.02. The zero-order valence-corrected chi connectivity index (χ0v) is 20.0. The summed E-state index contributed by atoms with van der Waals surface area (Å²) in [5, 5.41) is 3.29. The normalized spacial score (nSPS) is 12.6. The first kappa shape index (κ1) is 23.2. The molecule has 0 saturated carbocycles. The van der Waals surface area contributed by atoms with Gasteiger partial charge in [-0.25, -0.2) is 26.1 Å². The quantitative estimate of drug-likeness (QED) is 0.550. The van der Waals surface area contributed by atoms with Crippen LogP contribution in [0.5, 0.6) is 0 Å². The van der Waals surface area contributed by atoms with Crippen LogP contribution in [0.25, 0.3) is 11.0 Å². The molecule has 3 rings (SSSR count). The Bertz CT molecular complexity index is 1330.